The molecule has 12 heteroatoms. The number of halogens is 1. The topological polar surface area (TPSA) is 125 Å². The van der Waals surface area contributed by atoms with Crippen LogP contribution in [0.1, 0.15) is 19.4 Å². The van der Waals surface area contributed by atoms with Gasteiger partial charge in [0.1, 0.15) is 12.4 Å². The van der Waals surface area contributed by atoms with Crippen LogP contribution in [0.5, 0.6) is 17.2 Å². The molecule has 0 unspecified atom stereocenters. The molecule has 1 heterocycles. The second-order valence-electron chi connectivity index (χ2n) is 6.75. The first-order valence-electron chi connectivity index (χ1n) is 9.97. The molecule has 1 aliphatic rings. The molecule has 0 saturated carbocycles. The largest absolute Gasteiger partial charge is 0.492 e. The van der Waals surface area contributed by atoms with Crippen molar-refractivity contribution in [2.24, 2.45) is 0 Å². The zero-order valence-electron chi connectivity index (χ0n) is 18.1. The molecule has 3 rings (SSSR count). The lowest BCUT2D eigenvalue weighted by Crippen LogP contribution is -2.32. The maximum atomic E-state index is 12.8. The highest BCUT2D eigenvalue weighted by Gasteiger charge is 2.36. The minimum Gasteiger partial charge on any atom is -0.492 e. The van der Waals surface area contributed by atoms with Crippen molar-refractivity contribution >= 4 is 52.2 Å². The lowest BCUT2D eigenvalue weighted by atomic mass is 10.1. The summed E-state index contributed by atoms with van der Waals surface area (Å²) in [6.45, 7) is 2.89. The molecule has 2 aromatic rings. The van der Waals surface area contributed by atoms with Crippen molar-refractivity contribution in [3.8, 4) is 17.2 Å². The molecular formula is C22H19ClN2O8S. The number of thioether (sulfide) groups is 1. The van der Waals surface area contributed by atoms with Gasteiger partial charge in [0.25, 0.3) is 11.1 Å². The average molecular weight is 507 g/mol. The third-order valence-electron chi connectivity index (χ3n) is 4.41. The normalized spacial score (nSPS) is 14.4. The highest BCUT2D eigenvalue weighted by molar-refractivity contribution is 8.18. The Morgan fingerprint density at radius 2 is 1.88 bits per heavy atom. The Hall–Kier alpha value is -3.57. The summed E-state index contributed by atoms with van der Waals surface area (Å²) in [5.41, 5.74) is -0.467. The number of rotatable bonds is 9. The minimum atomic E-state index is -0.700. The number of hydrogen-bond acceptors (Lipinski definition) is 9. The smallest absolute Gasteiger partial charge is 0.322 e. The molecule has 0 aliphatic carbocycles. The molecule has 0 aromatic heterocycles. The molecular weight excluding hydrogens is 488 g/mol. The molecule has 2 amide bonds. The Bertz CT molecular complexity index is 1170. The molecule has 178 valence electrons. The molecule has 0 N–H and O–H groups in total. The summed E-state index contributed by atoms with van der Waals surface area (Å²) in [5, 5.41) is 11.8. The van der Waals surface area contributed by atoms with Crippen LogP contribution in [-0.2, 0) is 9.59 Å². The molecule has 1 saturated heterocycles. The van der Waals surface area contributed by atoms with Gasteiger partial charge in [-0.2, -0.15) is 0 Å². The van der Waals surface area contributed by atoms with Gasteiger partial charge in [0.15, 0.2) is 5.75 Å². The van der Waals surface area contributed by atoms with Crippen molar-refractivity contribution < 1.29 is 33.5 Å². The fourth-order valence-corrected chi connectivity index (χ4v) is 3.99. The summed E-state index contributed by atoms with van der Waals surface area (Å²) in [6.07, 6.45) is 1.24. The summed E-state index contributed by atoms with van der Waals surface area (Å²) in [5.74, 6) is -1.12. The fourth-order valence-electron chi connectivity index (χ4n) is 3.01. The molecule has 2 aromatic carbocycles. The summed E-state index contributed by atoms with van der Waals surface area (Å²) in [6, 6.07) is 9.26. The van der Waals surface area contributed by atoms with Crippen LogP contribution in [0.25, 0.3) is 6.08 Å². The number of imide groups is 1. The van der Waals surface area contributed by atoms with Gasteiger partial charge >= 0.3 is 11.7 Å². The van der Waals surface area contributed by atoms with Gasteiger partial charge in [0.2, 0.25) is 5.75 Å². The Labute approximate surface area is 203 Å². The Morgan fingerprint density at radius 1 is 1.18 bits per heavy atom. The first-order valence-corrected chi connectivity index (χ1v) is 11.2. The highest BCUT2D eigenvalue weighted by atomic mass is 35.5. The standard InChI is InChI=1S/C22H19ClN2O8S/c1-3-31-20-17(33-13(2)26)9-4-14(19(20)25(29)30)12-18-21(27)24(22(28)34-18)10-11-32-16-7-5-15(23)6-8-16/h4-9,12H,3,10-11H2,1-2H3/b18-12-. The Balaban J connectivity index is 1.83. The molecule has 10 nitrogen and oxygen atoms in total. The average Bonchev–Trinajstić information content (AvgIpc) is 3.03. The number of carbonyl (C=O) groups is 3. The zero-order valence-corrected chi connectivity index (χ0v) is 19.7. The molecule has 0 bridgehead atoms. The van der Waals surface area contributed by atoms with Crippen molar-refractivity contribution in [1.82, 2.24) is 4.90 Å². The van der Waals surface area contributed by atoms with Crippen LogP contribution < -0.4 is 14.2 Å². The van der Waals surface area contributed by atoms with Crippen molar-refractivity contribution in [2.75, 3.05) is 19.8 Å². The van der Waals surface area contributed by atoms with E-state index in [0.717, 1.165) is 11.8 Å². The fraction of sp³-hybridized carbons (Fsp3) is 0.227. The third-order valence-corrected chi connectivity index (χ3v) is 5.57. The van der Waals surface area contributed by atoms with Crippen LogP contribution in [0.2, 0.25) is 5.02 Å². The number of nitrogens with zero attached hydrogens (tertiary/aromatic N) is 2. The van der Waals surface area contributed by atoms with E-state index in [9.17, 15) is 24.5 Å². The van der Waals surface area contributed by atoms with E-state index in [1.165, 1.54) is 18.2 Å². The minimum absolute atomic E-state index is 0.00211. The maximum Gasteiger partial charge on any atom is 0.322 e. The third kappa shape index (κ3) is 5.86. The number of nitro benzene ring substituents is 1. The summed E-state index contributed by atoms with van der Waals surface area (Å²) in [7, 11) is 0. The summed E-state index contributed by atoms with van der Waals surface area (Å²) in [4.78, 5) is 48.6. The highest BCUT2D eigenvalue weighted by Crippen LogP contribution is 2.42. The van der Waals surface area contributed by atoms with Gasteiger partial charge in [0, 0.05) is 11.9 Å². The first kappa shape index (κ1) is 25.1. The monoisotopic (exact) mass is 506 g/mol. The van der Waals surface area contributed by atoms with E-state index >= 15 is 0 Å². The van der Waals surface area contributed by atoms with Gasteiger partial charge < -0.3 is 14.2 Å². The van der Waals surface area contributed by atoms with Crippen molar-refractivity contribution in [3.63, 3.8) is 0 Å². The number of carbonyl (C=O) groups excluding carboxylic acids is 3. The van der Waals surface area contributed by atoms with E-state index < -0.39 is 27.7 Å². The Kier molecular flexibility index (Phi) is 8.13. The van der Waals surface area contributed by atoms with E-state index in [0.29, 0.717) is 22.5 Å². The second-order valence-corrected chi connectivity index (χ2v) is 8.18. The van der Waals surface area contributed by atoms with Gasteiger partial charge in [-0.15, -0.1) is 0 Å². The van der Waals surface area contributed by atoms with Crippen LogP contribution in [0.4, 0.5) is 10.5 Å². The van der Waals surface area contributed by atoms with Crippen LogP contribution in [0, 0.1) is 10.1 Å². The van der Waals surface area contributed by atoms with Crippen LogP contribution in [-0.4, -0.2) is 46.7 Å². The molecule has 1 fully saturated rings. The van der Waals surface area contributed by atoms with Gasteiger partial charge in [-0.1, -0.05) is 11.6 Å². The number of amides is 2. The first-order chi connectivity index (χ1) is 16.2. The summed E-state index contributed by atoms with van der Waals surface area (Å²) >= 11 is 6.48. The molecule has 1 aliphatic heterocycles. The van der Waals surface area contributed by atoms with E-state index in [2.05, 4.69) is 0 Å². The number of hydrogen-bond donors (Lipinski definition) is 0. The Morgan fingerprint density at radius 3 is 2.50 bits per heavy atom. The zero-order chi connectivity index (χ0) is 24.8. The quantitative estimate of drug-likeness (QED) is 0.156. The summed E-state index contributed by atoms with van der Waals surface area (Å²) < 4.78 is 15.9. The van der Waals surface area contributed by atoms with E-state index in [1.54, 1.807) is 31.2 Å². The van der Waals surface area contributed by atoms with Crippen molar-refractivity contribution in [2.45, 2.75) is 13.8 Å². The molecule has 0 atom stereocenters. The van der Waals surface area contributed by atoms with Gasteiger partial charge in [-0.05, 0) is 61.2 Å². The number of ether oxygens (including phenoxy) is 3. The lowest BCUT2D eigenvalue weighted by Gasteiger charge is -2.13. The molecule has 34 heavy (non-hydrogen) atoms. The van der Waals surface area contributed by atoms with E-state index in [-0.39, 0.29) is 41.7 Å². The van der Waals surface area contributed by atoms with Gasteiger partial charge in [-0.3, -0.25) is 29.4 Å². The molecule has 0 spiro atoms. The van der Waals surface area contributed by atoms with Gasteiger partial charge in [-0.25, -0.2) is 0 Å². The van der Waals surface area contributed by atoms with Crippen molar-refractivity contribution in [3.05, 3.63) is 62.0 Å². The second kappa shape index (κ2) is 11.0. The predicted molar refractivity (Wildman–Crippen MR) is 125 cm³/mol. The van der Waals surface area contributed by atoms with E-state index in [1.807, 2.05) is 0 Å². The maximum absolute atomic E-state index is 12.8. The predicted octanol–water partition coefficient (Wildman–Crippen LogP) is 4.69. The number of nitro groups is 1. The SMILES string of the molecule is CCOc1c(OC(C)=O)ccc(/C=C2\SC(=O)N(CCOc3ccc(Cl)cc3)C2=O)c1[N+](=O)[O-]. The number of benzene rings is 2. The van der Waals surface area contributed by atoms with Crippen LogP contribution >= 0.6 is 23.4 Å². The van der Waals surface area contributed by atoms with Crippen LogP contribution in [0.3, 0.4) is 0 Å². The number of esters is 1. The van der Waals surface area contributed by atoms with Crippen molar-refractivity contribution in [1.29, 1.82) is 0 Å². The molecule has 0 radical (unpaired) electrons. The lowest BCUT2D eigenvalue weighted by molar-refractivity contribution is -0.386. The van der Waals surface area contributed by atoms with E-state index in [4.69, 9.17) is 25.8 Å². The van der Waals surface area contributed by atoms with Crippen LogP contribution in [0.15, 0.2) is 41.3 Å². The van der Waals surface area contributed by atoms with Gasteiger partial charge in [0.05, 0.1) is 28.5 Å².